The van der Waals surface area contributed by atoms with E-state index in [2.05, 4.69) is 20.8 Å². The van der Waals surface area contributed by atoms with E-state index >= 15 is 0 Å². The maximum Gasteiger partial charge on any atom is 0.344 e. The number of ether oxygens (including phenoxy) is 2. The van der Waals surface area contributed by atoms with Gasteiger partial charge in [-0.3, -0.25) is 4.79 Å². The van der Waals surface area contributed by atoms with Crippen molar-refractivity contribution in [1.82, 2.24) is 4.90 Å². The lowest BCUT2D eigenvalue weighted by Gasteiger charge is -2.29. The van der Waals surface area contributed by atoms with Gasteiger partial charge in [0.05, 0.1) is 11.5 Å². The highest BCUT2D eigenvalue weighted by molar-refractivity contribution is 7.91. The molecule has 1 heterocycles. The lowest BCUT2D eigenvalue weighted by atomic mass is 9.87. The summed E-state index contributed by atoms with van der Waals surface area (Å²) >= 11 is 0. The van der Waals surface area contributed by atoms with Gasteiger partial charge in [-0.15, -0.1) is 0 Å². The van der Waals surface area contributed by atoms with E-state index in [0.717, 1.165) is 5.56 Å². The van der Waals surface area contributed by atoms with Crippen LogP contribution in [0.4, 0.5) is 0 Å². The number of sulfone groups is 1. The van der Waals surface area contributed by atoms with Crippen molar-refractivity contribution in [2.75, 3.05) is 24.7 Å². The van der Waals surface area contributed by atoms with Crippen LogP contribution in [-0.4, -0.2) is 62.0 Å². The molecule has 0 saturated carbocycles. The van der Waals surface area contributed by atoms with Crippen LogP contribution in [0, 0.1) is 0 Å². The van der Waals surface area contributed by atoms with Crippen LogP contribution in [0.1, 0.15) is 46.6 Å². The normalized spacial score (nSPS) is 19.4. The van der Waals surface area contributed by atoms with Crippen LogP contribution < -0.4 is 4.74 Å². The summed E-state index contributed by atoms with van der Waals surface area (Å²) in [6, 6.07) is 7.11. The molecule has 2 unspecified atom stereocenters. The van der Waals surface area contributed by atoms with Gasteiger partial charge >= 0.3 is 5.97 Å². The fourth-order valence-electron chi connectivity index (χ4n) is 3.32. The topological polar surface area (TPSA) is 90.0 Å². The zero-order valence-corrected chi connectivity index (χ0v) is 18.6. The number of nitrogens with zero attached hydrogens (tertiary/aromatic N) is 1. The quantitative estimate of drug-likeness (QED) is 0.623. The molecule has 0 N–H and O–H groups in total. The van der Waals surface area contributed by atoms with Gasteiger partial charge in [0, 0.05) is 12.6 Å². The minimum atomic E-state index is -3.11. The third kappa shape index (κ3) is 6.45. The first-order chi connectivity index (χ1) is 13.4. The lowest BCUT2D eigenvalue weighted by Crippen LogP contribution is -2.46. The third-order valence-electron chi connectivity index (χ3n) is 5.01. The number of hydrogen-bond acceptors (Lipinski definition) is 6. The molecule has 1 aromatic rings. The maximum absolute atomic E-state index is 12.6. The second kappa shape index (κ2) is 9.15. The first kappa shape index (κ1) is 23.2. The highest BCUT2D eigenvalue weighted by Crippen LogP contribution is 2.24. The van der Waals surface area contributed by atoms with E-state index in [-0.39, 0.29) is 29.6 Å². The fourth-order valence-corrected chi connectivity index (χ4v) is 5.05. The Kier molecular flexibility index (Phi) is 7.32. The van der Waals surface area contributed by atoms with Crippen LogP contribution in [0.25, 0.3) is 0 Å². The molecular formula is C21H31NO6S. The van der Waals surface area contributed by atoms with Gasteiger partial charge in [0.15, 0.2) is 22.5 Å². The van der Waals surface area contributed by atoms with Gasteiger partial charge in [-0.2, -0.15) is 0 Å². The average molecular weight is 426 g/mol. The number of esters is 1. The highest BCUT2D eigenvalue weighted by Gasteiger charge is 2.36. The summed E-state index contributed by atoms with van der Waals surface area (Å²) in [6.45, 7) is 9.65. The Morgan fingerprint density at radius 3 is 2.31 bits per heavy atom. The van der Waals surface area contributed by atoms with E-state index < -0.39 is 27.8 Å². The SMILES string of the molecule is CCN(C(=O)C(C)OC(=O)COc1ccc(C(C)(C)C)cc1)C1CCS(=O)(=O)C1. The Balaban J connectivity index is 1.87. The number of benzene rings is 1. The van der Waals surface area contributed by atoms with Crippen molar-refractivity contribution < 1.29 is 27.5 Å². The molecule has 8 heteroatoms. The molecule has 2 atom stereocenters. The summed E-state index contributed by atoms with van der Waals surface area (Å²) in [5.41, 5.74) is 1.18. The van der Waals surface area contributed by atoms with E-state index in [1.54, 1.807) is 19.1 Å². The number of carbonyl (C=O) groups is 2. The Bertz CT molecular complexity index is 826. The number of amides is 1. The van der Waals surface area contributed by atoms with Gasteiger partial charge in [-0.25, -0.2) is 13.2 Å². The molecule has 0 spiro atoms. The highest BCUT2D eigenvalue weighted by atomic mass is 32.2. The molecule has 1 saturated heterocycles. The summed E-state index contributed by atoms with van der Waals surface area (Å²) in [6.07, 6.45) is -0.589. The summed E-state index contributed by atoms with van der Waals surface area (Å²) in [5, 5.41) is 0. The first-order valence-corrected chi connectivity index (χ1v) is 11.7. The third-order valence-corrected chi connectivity index (χ3v) is 6.76. The summed E-state index contributed by atoms with van der Waals surface area (Å²) < 4.78 is 34.0. The average Bonchev–Trinajstić information content (AvgIpc) is 2.99. The fraction of sp³-hybridized carbons (Fsp3) is 0.619. The second-order valence-corrected chi connectivity index (χ2v) is 10.6. The predicted molar refractivity (Wildman–Crippen MR) is 111 cm³/mol. The van der Waals surface area contributed by atoms with E-state index in [9.17, 15) is 18.0 Å². The molecular weight excluding hydrogens is 394 g/mol. The Morgan fingerprint density at radius 2 is 1.83 bits per heavy atom. The van der Waals surface area contributed by atoms with Crippen LogP contribution in [-0.2, 0) is 29.6 Å². The smallest absolute Gasteiger partial charge is 0.344 e. The molecule has 7 nitrogen and oxygen atoms in total. The van der Waals surface area contributed by atoms with Gasteiger partial charge in [0.2, 0.25) is 0 Å². The predicted octanol–water partition coefficient (Wildman–Crippen LogP) is 2.33. The van der Waals surface area contributed by atoms with Crippen molar-refractivity contribution in [3.8, 4) is 5.75 Å². The monoisotopic (exact) mass is 425 g/mol. The largest absolute Gasteiger partial charge is 0.482 e. The molecule has 2 rings (SSSR count). The summed E-state index contributed by atoms with van der Waals surface area (Å²) in [7, 11) is -3.11. The van der Waals surface area contributed by atoms with Crippen LogP contribution in [0.2, 0.25) is 0 Å². The Hall–Kier alpha value is -2.09. The van der Waals surface area contributed by atoms with Crippen LogP contribution >= 0.6 is 0 Å². The molecule has 0 aromatic heterocycles. The van der Waals surface area contributed by atoms with Crippen LogP contribution in [0.15, 0.2) is 24.3 Å². The molecule has 1 aromatic carbocycles. The number of hydrogen-bond donors (Lipinski definition) is 0. The molecule has 0 radical (unpaired) electrons. The number of rotatable bonds is 7. The molecule has 162 valence electrons. The van der Waals surface area contributed by atoms with Crippen molar-refractivity contribution in [3.63, 3.8) is 0 Å². The van der Waals surface area contributed by atoms with E-state index in [1.165, 1.54) is 11.8 Å². The van der Waals surface area contributed by atoms with Gasteiger partial charge in [-0.1, -0.05) is 32.9 Å². The molecule has 1 aliphatic rings. The minimum Gasteiger partial charge on any atom is -0.482 e. The molecule has 1 amide bonds. The zero-order chi connectivity index (χ0) is 21.8. The van der Waals surface area contributed by atoms with E-state index in [0.29, 0.717) is 18.7 Å². The van der Waals surface area contributed by atoms with Gasteiger partial charge in [-0.05, 0) is 43.4 Å². The molecule has 29 heavy (non-hydrogen) atoms. The van der Waals surface area contributed by atoms with Crippen molar-refractivity contribution >= 4 is 21.7 Å². The van der Waals surface area contributed by atoms with Crippen molar-refractivity contribution in [2.24, 2.45) is 0 Å². The van der Waals surface area contributed by atoms with Gasteiger partial charge in [0.1, 0.15) is 5.75 Å². The molecule has 1 aliphatic heterocycles. The van der Waals surface area contributed by atoms with Crippen LogP contribution in [0.5, 0.6) is 5.75 Å². The second-order valence-electron chi connectivity index (χ2n) is 8.38. The molecule has 0 bridgehead atoms. The standard InChI is InChI=1S/C21H31NO6S/c1-6-22(17-11-12-29(25,26)14-17)20(24)15(2)28-19(23)13-27-18-9-7-16(8-10-18)21(3,4)5/h7-10,15,17H,6,11-14H2,1-5H3. The van der Waals surface area contributed by atoms with Crippen molar-refractivity contribution in [3.05, 3.63) is 29.8 Å². The maximum atomic E-state index is 12.6. The van der Waals surface area contributed by atoms with Crippen molar-refractivity contribution in [1.29, 1.82) is 0 Å². The summed E-state index contributed by atoms with van der Waals surface area (Å²) in [4.78, 5) is 26.2. The molecule has 0 aliphatic carbocycles. The number of likely N-dealkylation sites (N-methyl/N-ethyl adjacent to an activating group) is 1. The molecule has 1 fully saturated rings. The van der Waals surface area contributed by atoms with Gasteiger partial charge < -0.3 is 14.4 Å². The van der Waals surface area contributed by atoms with Crippen LogP contribution in [0.3, 0.4) is 0 Å². The lowest BCUT2D eigenvalue weighted by molar-refractivity contribution is -0.161. The minimum absolute atomic E-state index is 0.0249. The Labute approximate surface area is 173 Å². The zero-order valence-electron chi connectivity index (χ0n) is 17.8. The number of carbonyl (C=O) groups excluding carboxylic acids is 2. The Morgan fingerprint density at radius 1 is 1.21 bits per heavy atom. The van der Waals surface area contributed by atoms with Gasteiger partial charge in [0.25, 0.3) is 5.91 Å². The first-order valence-electron chi connectivity index (χ1n) is 9.86. The summed E-state index contributed by atoms with van der Waals surface area (Å²) in [5.74, 6) is -0.461. The van der Waals surface area contributed by atoms with E-state index in [4.69, 9.17) is 9.47 Å². The van der Waals surface area contributed by atoms with Crippen molar-refractivity contribution in [2.45, 2.75) is 58.6 Å². The van der Waals surface area contributed by atoms with E-state index in [1.807, 2.05) is 12.1 Å².